The van der Waals surface area contributed by atoms with Gasteiger partial charge in [0.25, 0.3) is 0 Å². The number of carbonyl (C=O) groups excluding carboxylic acids is 1. The van der Waals surface area contributed by atoms with E-state index in [0.717, 1.165) is 36.6 Å². The Morgan fingerprint density at radius 3 is 2.24 bits per heavy atom. The summed E-state index contributed by atoms with van der Waals surface area (Å²) in [5.74, 6) is -0.207. The minimum absolute atomic E-state index is 0.0772. The summed E-state index contributed by atoms with van der Waals surface area (Å²) in [6.07, 6.45) is 5.94. The second kappa shape index (κ2) is 18.1. The Balaban J connectivity index is 2.24. The summed E-state index contributed by atoms with van der Waals surface area (Å²) in [5.41, 5.74) is 1.07. The van der Waals surface area contributed by atoms with Crippen LogP contribution in [0.5, 0.6) is 0 Å². The van der Waals surface area contributed by atoms with E-state index in [2.05, 4.69) is 12.2 Å². The van der Waals surface area contributed by atoms with Gasteiger partial charge in [-0.15, -0.1) is 0 Å². The van der Waals surface area contributed by atoms with Crippen molar-refractivity contribution in [2.24, 2.45) is 0 Å². The van der Waals surface area contributed by atoms with Crippen molar-refractivity contribution < 1.29 is 22.7 Å². The molecule has 0 aliphatic carbocycles. The largest absolute Gasteiger partial charge is 0.478 e. The Morgan fingerprint density at radius 1 is 1.03 bits per heavy atom. The molecule has 0 fully saturated rings. The van der Waals surface area contributed by atoms with Crippen molar-refractivity contribution in [1.29, 1.82) is 0 Å². The average Bonchev–Trinajstić information content (AvgIpc) is 2.76. The third-order valence-corrected chi connectivity index (χ3v) is 6.59. The molecule has 1 aromatic rings. The molecule has 0 aliphatic heterocycles. The second-order valence-electron chi connectivity index (χ2n) is 8.28. The number of carbonyl (C=O) groups is 1. The maximum atomic E-state index is 13.0. The summed E-state index contributed by atoms with van der Waals surface area (Å²) in [4.78, 5) is 12.1. The number of unbranched alkanes of at least 4 members (excludes halogenated alkanes) is 8. The Hall–Kier alpha value is -1.28. The summed E-state index contributed by atoms with van der Waals surface area (Å²) in [5, 5.41) is 1.74. The van der Waals surface area contributed by atoms with Crippen LogP contribution in [0, 0.1) is 0 Å². The number of thiocarbonyl (C=S) groups is 1. The van der Waals surface area contributed by atoms with E-state index in [9.17, 15) is 18.0 Å². The molecule has 0 saturated heterocycles. The van der Waals surface area contributed by atoms with Gasteiger partial charge >= 0.3 is 6.18 Å². The number of ether oxygens (including phenoxy) is 1. The van der Waals surface area contributed by atoms with Crippen LogP contribution in [0.15, 0.2) is 30.3 Å². The van der Waals surface area contributed by atoms with Gasteiger partial charge in [-0.2, -0.15) is 13.2 Å². The normalized spacial score (nSPS) is 12.4. The summed E-state index contributed by atoms with van der Waals surface area (Å²) in [6.45, 7) is 2.42. The lowest BCUT2D eigenvalue weighted by Gasteiger charge is -2.19. The molecule has 0 bridgehead atoms. The quantitative estimate of drug-likeness (QED) is 0.175. The molecule has 188 valence electrons. The smallest absolute Gasteiger partial charge is 0.390 e. The highest BCUT2D eigenvalue weighted by Crippen LogP contribution is 2.29. The van der Waals surface area contributed by atoms with Gasteiger partial charge in [-0.25, -0.2) is 0 Å². The van der Waals surface area contributed by atoms with Crippen LogP contribution in [0.3, 0.4) is 0 Å². The van der Waals surface area contributed by atoms with Crippen molar-refractivity contribution in [2.45, 2.75) is 95.4 Å². The van der Waals surface area contributed by atoms with Crippen LogP contribution in [-0.4, -0.2) is 34.9 Å². The van der Waals surface area contributed by atoms with Gasteiger partial charge in [0, 0.05) is 24.6 Å². The monoisotopic (exact) mass is 505 g/mol. The maximum absolute atomic E-state index is 13.0. The topological polar surface area (TPSA) is 38.3 Å². The van der Waals surface area contributed by atoms with Crippen LogP contribution >= 0.6 is 24.0 Å². The molecule has 1 rings (SSSR count). The third kappa shape index (κ3) is 17.8. The van der Waals surface area contributed by atoms with E-state index in [1.54, 1.807) is 0 Å². The predicted octanol–water partition coefficient (Wildman–Crippen LogP) is 7.62. The summed E-state index contributed by atoms with van der Waals surface area (Å²) < 4.78 is 44.4. The first-order valence-corrected chi connectivity index (χ1v) is 13.3. The highest BCUT2D eigenvalue weighted by molar-refractivity contribution is 8.23. The molecule has 0 heterocycles. The number of hydrogen-bond acceptors (Lipinski definition) is 4. The molecule has 1 amide bonds. The lowest BCUT2D eigenvalue weighted by atomic mass is 10.1. The van der Waals surface area contributed by atoms with Crippen LogP contribution in [0.1, 0.15) is 83.1 Å². The third-order valence-electron chi connectivity index (χ3n) is 5.21. The number of amides is 1. The molecule has 0 radical (unpaired) electrons. The van der Waals surface area contributed by atoms with Gasteiger partial charge in [0.2, 0.25) is 10.3 Å². The highest BCUT2D eigenvalue weighted by Gasteiger charge is 2.33. The SMILES string of the molecule is CCCCCCCCCCCC(=O)NCC(CC(F)(F)F)SC(=S)OCCc1ccccc1. The number of benzene rings is 1. The highest BCUT2D eigenvalue weighted by atomic mass is 32.2. The molecule has 33 heavy (non-hydrogen) atoms. The van der Waals surface area contributed by atoms with Gasteiger partial charge in [-0.05, 0) is 24.2 Å². The number of halogens is 3. The van der Waals surface area contributed by atoms with E-state index < -0.39 is 17.8 Å². The van der Waals surface area contributed by atoms with Crippen LogP contribution in [-0.2, 0) is 16.0 Å². The standard InChI is InChI=1S/C25H38F3NO2S2/c1-2-3-4-5-6-7-8-9-13-16-23(30)29-20-22(19-25(26,27)28)33-24(32)31-18-17-21-14-11-10-12-15-21/h10-12,14-15,22H,2-9,13,16-20H2,1H3,(H,29,30). The summed E-state index contributed by atoms with van der Waals surface area (Å²) in [6, 6.07) is 9.65. The van der Waals surface area contributed by atoms with E-state index in [4.69, 9.17) is 17.0 Å². The minimum Gasteiger partial charge on any atom is -0.478 e. The van der Waals surface area contributed by atoms with Crippen molar-refractivity contribution in [3.05, 3.63) is 35.9 Å². The van der Waals surface area contributed by atoms with Crippen molar-refractivity contribution in [3.8, 4) is 0 Å². The Labute approximate surface area is 206 Å². The predicted molar refractivity (Wildman–Crippen MR) is 136 cm³/mol. The number of rotatable bonds is 17. The molecule has 1 unspecified atom stereocenters. The van der Waals surface area contributed by atoms with Crippen molar-refractivity contribution in [2.75, 3.05) is 13.2 Å². The molecule has 1 atom stereocenters. The lowest BCUT2D eigenvalue weighted by Crippen LogP contribution is -2.33. The van der Waals surface area contributed by atoms with Crippen LogP contribution < -0.4 is 5.32 Å². The fourth-order valence-corrected chi connectivity index (χ4v) is 4.75. The first-order chi connectivity index (χ1) is 15.8. The number of alkyl halides is 3. The molecule has 1 aromatic carbocycles. The fourth-order valence-electron chi connectivity index (χ4n) is 3.39. The van der Waals surface area contributed by atoms with Crippen molar-refractivity contribution >= 4 is 34.3 Å². The lowest BCUT2D eigenvalue weighted by molar-refractivity contribution is -0.135. The Bertz CT molecular complexity index is 657. The molecule has 0 aromatic heterocycles. The molecule has 0 aliphatic rings. The average molecular weight is 506 g/mol. The first kappa shape index (κ1) is 29.8. The number of thioether (sulfide) groups is 1. The molecule has 1 N–H and O–H groups in total. The molecular weight excluding hydrogens is 467 g/mol. The van der Waals surface area contributed by atoms with Crippen LogP contribution in [0.4, 0.5) is 13.2 Å². The van der Waals surface area contributed by atoms with Crippen LogP contribution in [0.2, 0.25) is 0 Å². The van der Waals surface area contributed by atoms with E-state index >= 15 is 0 Å². The zero-order valence-corrected chi connectivity index (χ0v) is 21.3. The van der Waals surface area contributed by atoms with E-state index in [1.165, 1.54) is 38.5 Å². The molecule has 0 saturated carbocycles. The molecule has 3 nitrogen and oxygen atoms in total. The molecule has 0 spiro atoms. The fraction of sp³-hybridized carbons (Fsp3) is 0.680. The van der Waals surface area contributed by atoms with E-state index in [0.29, 0.717) is 19.4 Å². The van der Waals surface area contributed by atoms with Gasteiger partial charge in [0.15, 0.2) is 0 Å². The first-order valence-electron chi connectivity index (χ1n) is 12.0. The minimum atomic E-state index is -4.33. The van der Waals surface area contributed by atoms with Gasteiger partial charge in [-0.3, -0.25) is 4.79 Å². The number of nitrogens with one attached hydrogen (secondary N) is 1. The summed E-state index contributed by atoms with van der Waals surface area (Å²) >= 11 is 5.99. The number of hydrogen-bond donors (Lipinski definition) is 1. The Kier molecular flexibility index (Phi) is 16.3. The van der Waals surface area contributed by atoms with Crippen molar-refractivity contribution in [1.82, 2.24) is 5.32 Å². The van der Waals surface area contributed by atoms with Crippen LogP contribution in [0.25, 0.3) is 0 Å². The second-order valence-corrected chi connectivity index (χ2v) is 10.2. The Morgan fingerprint density at radius 2 is 1.64 bits per heavy atom. The van der Waals surface area contributed by atoms with Gasteiger partial charge in [0.1, 0.15) is 0 Å². The molecule has 8 heteroatoms. The van der Waals surface area contributed by atoms with Crippen molar-refractivity contribution in [3.63, 3.8) is 0 Å². The van der Waals surface area contributed by atoms with E-state index in [-0.39, 0.29) is 16.8 Å². The summed E-state index contributed by atoms with van der Waals surface area (Å²) in [7, 11) is 0. The zero-order valence-electron chi connectivity index (χ0n) is 19.6. The zero-order chi connectivity index (χ0) is 24.4. The van der Waals surface area contributed by atoms with Gasteiger partial charge in [0.05, 0.1) is 13.0 Å². The van der Waals surface area contributed by atoms with Gasteiger partial charge < -0.3 is 10.1 Å². The maximum Gasteiger partial charge on any atom is 0.390 e. The van der Waals surface area contributed by atoms with E-state index in [1.807, 2.05) is 30.3 Å². The molecular formula is C25H38F3NO2S2. The van der Waals surface area contributed by atoms with Gasteiger partial charge in [-0.1, -0.05) is 100 Å².